The van der Waals surface area contributed by atoms with Gasteiger partial charge < -0.3 is 10.2 Å². The smallest absolute Gasteiger partial charge is 0.115 e. The van der Waals surface area contributed by atoms with Crippen molar-refractivity contribution >= 4 is 0 Å². The number of aliphatic hydroxyl groups is 1. The molecule has 2 N–H and O–H groups in total. The Bertz CT molecular complexity index is 791. The normalized spacial score (nSPS) is 31.6. The van der Waals surface area contributed by atoms with Gasteiger partial charge in [-0.05, 0) is 47.1 Å². The summed E-state index contributed by atoms with van der Waals surface area (Å²) in [7, 11) is 0. The summed E-state index contributed by atoms with van der Waals surface area (Å²) in [5.41, 5.74) is 3.68. The van der Waals surface area contributed by atoms with Gasteiger partial charge in [0, 0.05) is 37.9 Å². The molecule has 136 valence electrons. The lowest BCUT2D eigenvalue weighted by Crippen LogP contribution is -2.45. The monoisotopic (exact) mass is 349 g/mol. The van der Waals surface area contributed by atoms with Gasteiger partial charge in [-0.1, -0.05) is 43.3 Å². The number of piperidine rings is 1. The number of nitrogens with zero attached hydrogens (tertiary/aromatic N) is 1. The Hall–Kier alpha value is -1.84. The summed E-state index contributed by atoms with van der Waals surface area (Å²) in [5, 5.41) is 20.7. The summed E-state index contributed by atoms with van der Waals surface area (Å²) in [6, 6.07) is 16.3. The Balaban J connectivity index is 1.27. The van der Waals surface area contributed by atoms with E-state index in [9.17, 15) is 10.2 Å². The van der Waals surface area contributed by atoms with E-state index < -0.39 is 5.60 Å². The summed E-state index contributed by atoms with van der Waals surface area (Å²) in [6.07, 6.45) is 2.72. The molecule has 0 aromatic heterocycles. The first-order valence-electron chi connectivity index (χ1n) is 9.85. The van der Waals surface area contributed by atoms with E-state index in [-0.39, 0.29) is 5.41 Å². The molecule has 0 radical (unpaired) electrons. The summed E-state index contributed by atoms with van der Waals surface area (Å²) in [4.78, 5) is 2.48. The van der Waals surface area contributed by atoms with Crippen LogP contribution in [0.4, 0.5) is 0 Å². The van der Waals surface area contributed by atoms with Gasteiger partial charge >= 0.3 is 0 Å². The van der Waals surface area contributed by atoms with Crippen molar-refractivity contribution in [2.24, 2.45) is 11.8 Å². The predicted molar refractivity (Wildman–Crippen MR) is 102 cm³/mol. The van der Waals surface area contributed by atoms with Crippen molar-refractivity contribution < 1.29 is 10.2 Å². The second-order valence-electron chi connectivity index (χ2n) is 8.69. The number of hydrogen-bond acceptors (Lipinski definition) is 3. The minimum absolute atomic E-state index is 0.283. The van der Waals surface area contributed by atoms with E-state index >= 15 is 0 Å². The fraction of sp³-hybridized carbons (Fsp3) is 0.478. The van der Waals surface area contributed by atoms with E-state index in [0.717, 1.165) is 38.9 Å². The Labute approximate surface area is 155 Å². The van der Waals surface area contributed by atoms with E-state index in [1.165, 1.54) is 16.7 Å². The molecule has 0 amide bonds. The molecule has 3 nitrogen and oxygen atoms in total. The minimum atomic E-state index is -0.603. The maximum absolute atomic E-state index is 11.1. The van der Waals surface area contributed by atoms with Crippen LogP contribution in [0.15, 0.2) is 48.5 Å². The van der Waals surface area contributed by atoms with Gasteiger partial charge in [-0.2, -0.15) is 0 Å². The lowest BCUT2D eigenvalue weighted by molar-refractivity contribution is 0.0139. The van der Waals surface area contributed by atoms with Crippen LogP contribution in [-0.2, 0) is 18.3 Å². The molecule has 3 aliphatic rings. The molecule has 0 spiro atoms. The van der Waals surface area contributed by atoms with Crippen LogP contribution < -0.4 is 0 Å². The quantitative estimate of drug-likeness (QED) is 0.891. The van der Waals surface area contributed by atoms with E-state index in [4.69, 9.17) is 0 Å². The third-order valence-electron chi connectivity index (χ3n) is 7.27. The van der Waals surface area contributed by atoms with Crippen molar-refractivity contribution in [3.05, 3.63) is 65.2 Å². The van der Waals surface area contributed by atoms with Crippen LogP contribution in [0.25, 0.3) is 0 Å². The van der Waals surface area contributed by atoms with Crippen molar-refractivity contribution in [3.8, 4) is 5.75 Å². The van der Waals surface area contributed by atoms with Crippen LogP contribution in [0.3, 0.4) is 0 Å². The molecule has 1 saturated heterocycles. The summed E-state index contributed by atoms with van der Waals surface area (Å²) in [6.45, 7) is 5.23. The van der Waals surface area contributed by atoms with Gasteiger partial charge in [0.15, 0.2) is 0 Å². The van der Waals surface area contributed by atoms with Crippen molar-refractivity contribution in [1.82, 2.24) is 4.90 Å². The summed E-state index contributed by atoms with van der Waals surface area (Å²) in [5.74, 6) is 1.71. The maximum Gasteiger partial charge on any atom is 0.115 e. The average molecular weight is 349 g/mol. The van der Waals surface area contributed by atoms with Crippen LogP contribution in [0.1, 0.15) is 30.0 Å². The van der Waals surface area contributed by atoms with Gasteiger partial charge in [0.1, 0.15) is 5.75 Å². The largest absolute Gasteiger partial charge is 0.508 e. The Morgan fingerprint density at radius 1 is 0.962 bits per heavy atom. The molecule has 2 aromatic rings. The molecule has 3 heteroatoms. The lowest BCUT2D eigenvalue weighted by Gasteiger charge is -2.32. The van der Waals surface area contributed by atoms with Gasteiger partial charge in [0.05, 0.1) is 5.60 Å². The number of aromatic hydroxyl groups is 1. The first-order valence-corrected chi connectivity index (χ1v) is 9.85. The molecule has 2 aliphatic carbocycles. The minimum Gasteiger partial charge on any atom is -0.508 e. The zero-order valence-corrected chi connectivity index (χ0v) is 15.4. The van der Waals surface area contributed by atoms with E-state index in [0.29, 0.717) is 17.6 Å². The molecule has 1 aliphatic heterocycles. The van der Waals surface area contributed by atoms with Crippen molar-refractivity contribution in [3.63, 3.8) is 0 Å². The van der Waals surface area contributed by atoms with Gasteiger partial charge in [-0.15, -0.1) is 0 Å². The first-order chi connectivity index (χ1) is 12.5. The third kappa shape index (κ3) is 2.34. The topological polar surface area (TPSA) is 43.7 Å². The van der Waals surface area contributed by atoms with Crippen LogP contribution in [0.5, 0.6) is 5.75 Å². The highest BCUT2D eigenvalue weighted by Crippen LogP contribution is 2.65. The van der Waals surface area contributed by atoms with E-state index in [2.05, 4.69) is 48.2 Å². The number of rotatable bonds is 4. The van der Waals surface area contributed by atoms with Gasteiger partial charge in [0.25, 0.3) is 0 Å². The number of phenols is 1. The molecule has 26 heavy (non-hydrogen) atoms. The van der Waals surface area contributed by atoms with Crippen LogP contribution in [0, 0.1) is 11.8 Å². The molecule has 2 atom stereocenters. The number of phenolic OH excluding ortho intramolecular Hbond substituents is 1. The van der Waals surface area contributed by atoms with Crippen molar-refractivity contribution in [2.45, 2.75) is 37.2 Å². The van der Waals surface area contributed by atoms with Crippen LogP contribution in [-0.4, -0.2) is 40.3 Å². The SMILES string of the molecule is CCC1(c2ccc(O)cc2)C2CN(CC3(O)Cc4ccccc4C3)CC21. The lowest BCUT2D eigenvalue weighted by atomic mass is 9.87. The maximum atomic E-state index is 11.1. The van der Waals surface area contributed by atoms with Crippen LogP contribution >= 0.6 is 0 Å². The number of fused-ring (bicyclic) bond motifs is 2. The number of likely N-dealkylation sites (tertiary alicyclic amines) is 1. The molecule has 1 heterocycles. The fourth-order valence-electron chi connectivity index (χ4n) is 6.08. The van der Waals surface area contributed by atoms with Gasteiger partial charge in [0.2, 0.25) is 0 Å². The Kier molecular flexibility index (Phi) is 3.51. The van der Waals surface area contributed by atoms with E-state index in [1.54, 1.807) is 0 Å². The second kappa shape index (κ2) is 5.58. The predicted octanol–water partition coefficient (Wildman–Crippen LogP) is 3.13. The Morgan fingerprint density at radius 2 is 1.54 bits per heavy atom. The van der Waals surface area contributed by atoms with Crippen molar-refractivity contribution in [2.75, 3.05) is 19.6 Å². The highest BCUT2D eigenvalue weighted by molar-refractivity contribution is 5.41. The zero-order chi connectivity index (χ0) is 17.9. The summed E-state index contributed by atoms with van der Waals surface area (Å²) < 4.78 is 0. The fourth-order valence-corrected chi connectivity index (χ4v) is 6.08. The molecular weight excluding hydrogens is 322 g/mol. The number of benzene rings is 2. The molecule has 2 unspecified atom stereocenters. The number of β-amino-alcohol motifs (C(OH)–C–C–N with tert-alkyl or cyclic N) is 1. The second-order valence-corrected chi connectivity index (χ2v) is 8.69. The molecule has 2 aromatic carbocycles. The Morgan fingerprint density at radius 3 is 2.08 bits per heavy atom. The van der Waals surface area contributed by atoms with Crippen LogP contribution in [0.2, 0.25) is 0 Å². The average Bonchev–Trinajstić information content (AvgIpc) is 2.92. The first kappa shape index (κ1) is 16.3. The number of hydrogen-bond donors (Lipinski definition) is 2. The molecule has 2 fully saturated rings. The summed E-state index contributed by atoms with van der Waals surface area (Å²) >= 11 is 0. The highest BCUT2D eigenvalue weighted by Gasteiger charge is 2.67. The standard InChI is InChI=1S/C23H27NO2/c1-2-23(18-7-9-19(25)10-8-18)20-13-24(14-21(20)23)15-22(26)11-16-5-3-4-6-17(16)12-22/h3-10,20-21,25-26H,2,11-15H2,1H3. The van der Waals surface area contributed by atoms with E-state index in [1.807, 2.05) is 12.1 Å². The zero-order valence-electron chi connectivity index (χ0n) is 15.4. The molecule has 5 rings (SSSR count). The highest BCUT2D eigenvalue weighted by atomic mass is 16.3. The molecular formula is C23H27NO2. The molecule has 0 bridgehead atoms. The van der Waals surface area contributed by atoms with Gasteiger partial charge in [-0.3, -0.25) is 4.90 Å². The van der Waals surface area contributed by atoms with Crippen molar-refractivity contribution in [1.29, 1.82) is 0 Å². The van der Waals surface area contributed by atoms with Gasteiger partial charge in [-0.25, -0.2) is 0 Å². The molecule has 1 saturated carbocycles. The third-order valence-corrected chi connectivity index (χ3v) is 7.27.